The summed E-state index contributed by atoms with van der Waals surface area (Å²) < 4.78 is 5.64. The highest BCUT2D eigenvalue weighted by Gasteiger charge is 2.30. The second kappa shape index (κ2) is 6.44. The standard InChI is InChI=1S/C18H19NO2S/c1-13-11-14-5-3-4-6-17(14)19(13)18(20)12-21-15-7-9-16(22-2)10-8-15/h3-10,13H,11-12H2,1-2H3/t13-/m0/s1. The van der Waals surface area contributed by atoms with E-state index in [0.29, 0.717) is 0 Å². The molecule has 0 bridgehead atoms. The molecule has 1 heterocycles. The Kier molecular flexibility index (Phi) is 4.39. The molecule has 2 aromatic rings. The lowest BCUT2D eigenvalue weighted by molar-refractivity contribution is -0.120. The van der Waals surface area contributed by atoms with E-state index < -0.39 is 0 Å². The van der Waals surface area contributed by atoms with Gasteiger partial charge in [-0.3, -0.25) is 4.79 Å². The summed E-state index contributed by atoms with van der Waals surface area (Å²) in [7, 11) is 0. The smallest absolute Gasteiger partial charge is 0.265 e. The molecule has 3 nitrogen and oxygen atoms in total. The summed E-state index contributed by atoms with van der Waals surface area (Å²) in [4.78, 5) is 15.5. The largest absolute Gasteiger partial charge is 0.484 e. The molecule has 1 atom stereocenters. The van der Waals surface area contributed by atoms with Crippen molar-refractivity contribution < 1.29 is 9.53 Å². The first-order valence-electron chi connectivity index (χ1n) is 7.36. The second-order valence-corrected chi connectivity index (χ2v) is 6.29. The number of amides is 1. The van der Waals surface area contributed by atoms with Crippen molar-refractivity contribution in [3.63, 3.8) is 0 Å². The Morgan fingerprint density at radius 3 is 2.68 bits per heavy atom. The number of para-hydroxylation sites is 1. The van der Waals surface area contributed by atoms with E-state index in [2.05, 4.69) is 13.0 Å². The average Bonchev–Trinajstić information content (AvgIpc) is 2.89. The lowest BCUT2D eigenvalue weighted by Gasteiger charge is -2.22. The third-order valence-electron chi connectivity index (χ3n) is 3.90. The zero-order chi connectivity index (χ0) is 15.5. The van der Waals surface area contributed by atoms with E-state index in [1.165, 1.54) is 10.5 Å². The number of anilines is 1. The number of carbonyl (C=O) groups excluding carboxylic acids is 1. The van der Waals surface area contributed by atoms with E-state index in [-0.39, 0.29) is 18.6 Å². The van der Waals surface area contributed by atoms with Gasteiger partial charge >= 0.3 is 0 Å². The van der Waals surface area contributed by atoms with Crippen molar-refractivity contribution in [2.24, 2.45) is 0 Å². The molecule has 0 unspecified atom stereocenters. The minimum Gasteiger partial charge on any atom is -0.484 e. The van der Waals surface area contributed by atoms with Gasteiger partial charge in [-0.1, -0.05) is 18.2 Å². The highest BCUT2D eigenvalue weighted by molar-refractivity contribution is 7.98. The summed E-state index contributed by atoms with van der Waals surface area (Å²) in [5.74, 6) is 0.734. The van der Waals surface area contributed by atoms with E-state index in [0.717, 1.165) is 17.9 Å². The first-order chi connectivity index (χ1) is 10.7. The van der Waals surface area contributed by atoms with E-state index in [4.69, 9.17) is 4.74 Å². The third-order valence-corrected chi connectivity index (χ3v) is 4.64. The Morgan fingerprint density at radius 1 is 1.23 bits per heavy atom. The Hall–Kier alpha value is -1.94. The van der Waals surface area contributed by atoms with Gasteiger partial charge in [0.25, 0.3) is 5.91 Å². The molecule has 0 radical (unpaired) electrons. The molecule has 22 heavy (non-hydrogen) atoms. The number of benzene rings is 2. The molecule has 0 saturated heterocycles. The van der Waals surface area contributed by atoms with Gasteiger partial charge in [-0.05, 0) is 55.5 Å². The van der Waals surface area contributed by atoms with Crippen LogP contribution in [0.5, 0.6) is 5.75 Å². The number of thioether (sulfide) groups is 1. The summed E-state index contributed by atoms with van der Waals surface area (Å²) in [6.45, 7) is 2.14. The molecule has 0 saturated carbocycles. The molecule has 114 valence electrons. The summed E-state index contributed by atoms with van der Waals surface area (Å²) in [5, 5.41) is 0. The highest BCUT2D eigenvalue weighted by Crippen LogP contribution is 2.31. The van der Waals surface area contributed by atoms with E-state index in [9.17, 15) is 4.79 Å². The molecule has 0 fully saturated rings. The maximum Gasteiger partial charge on any atom is 0.265 e. The molecule has 2 aromatic carbocycles. The number of fused-ring (bicyclic) bond motifs is 1. The van der Waals surface area contributed by atoms with Crippen molar-refractivity contribution in [2.75, 3.05) is 17.8 Å². The van der Waals surface area contributed by atoms with Crippen LogP contribution < -0.4 is 9.64 Å². The van der Waals surface area contributed by atoms with E-state index in [1.54, 1.807) is 11.8 Å². The Balaban J connectivity index is 1.67. The van der Waals surface area contributed by atoms with Gasteiger partial charge in [-0.2, -0.15) is 0 Å². The van der Waals surface area contributed by atoms with Crippen LogP contribution in [0.4, 0.5) is 5.69 Å². The molecule has 1 aliphatic rings. The maximum atomic E-state index is 12.5. The molecule has 1 aliphatic heterocycles. The molecular weight excluding hydrogens is 294 g/mol. The first-order valence-corrected chi connectivity index (χ1v) is 8.58. The highest BCUT2D eigenvalue weighted by atomic mass is 32.2. The zero-order valence-corrected chi connectivity index (χ0v) is 13.6. The van der Waals surface area contributed by atoms with Crippen molar-refractivity contribution in [1.29, 1.82) is 0 Å². The minimum atomic E-state index is 0.00592. The SMILES string of the molecule is CSc1ccc(OCC(=O)N2c3ccccc3C[C@@H]2C)cc1. The molecule has 0 aliphatic carbocycles. The maximum absolute atomic E-state index is 12.5. The molecule has 0 aromatic heterocycles. The fourth-order valence-electron chi connectivity index (χ4n) is 2.83. The average molecular weight is 313 g/mol. The second-order valence-electron chi connectivity index (χ2n) is 5.41. The summed E-state index contributed by atoms with van der Waals surface area (Å²) >= 11 is 1.68. The lowest BCUT2D eigenvalue weighted by Crippen LogP contribution is -2.39. The van der Waals surface area contributed by atoms with Gasteiger partial charge in [-0.15, -0.1) is 11.8 Å². The quantitative estimate of drug-likeness (QED) is 0.805. The van der Waals surface area contributed by atoms with E-state index in [1.807, 2.05) is 53.6 Å². The van der Waals surface area contributed by atoms with Crippen LogP contribution in [0.1, 0.15) is 12.5 Å². The van der Waals surface area contributed by atoms with Crippen LogP contribution in [0.3, 0.4) is 0 Å². The van der Waals surface area contributed by atoms with Crippen LogP contribution in [0.2, 0.25) is 0 Å². The first kappa shape index (κ1) is 15.0. The van der Waals surface area contributed by atoms with Crippen LogP contribution in [-0.2, 0) is 11.2 Å². The molecule has 1 amide bonds. The lowest BCUT2D eigenvalue weighted by atomic mass is 10.1. The zero-order valence-electron chi connectivity index (χ0n) is 12.8. The van der Waals surface area contributed by atoms with Gasteiger partial charge in [0, 0.05) is 16.6 Å². The summed E-state index contributed by atoms with van der Waals surface area (Å²) in [6.07, 6.45) is 2.94. The van der Waals surface area contributed by atoms with Crippen LogP contribution in [0.15, 0.2) is 53.4 Å². The van der Waals surface area contributed by atoms with Crippen molar-refractivity contribution in [3.8, 4) is 5.75 Å². The number of hydrogen-bond acceptors (Lipinski definition) is 3. The number of rotatable bonds is 4. The van der Waals surface area contributed by atoms with Crippen molar-refractivity contribution in [3.05, 3.63) is 54.1 Å². The van der Waals surface area contributed by atoms with Crippen LogP contribution in [0, 0.1) is 0 Å². The normalized spacial score (nSPS) is 16.5. The van der Waals surface area contributed by atoms with Crippen LogP contribution >= 0.6 is 11.8 Å². The topological polar surface area (TPSA) is 29.5 Å². The number of nitrogens with zero attached hydrogens (tertiary/aromatic N) is 1. The monoisotopic (exact) mass is 313 g/mol. The fraction of sp³-hybridized carbons (Fsp3) is 0.278. The molecule has 0 spiro atoms. The van der Waals surface area contributed by atoms with Gasteiger partial charge < -0.3 is 9.64 Å². The number of hydrogen-bond donors (Lipinski definition) is 0. The predicted octanol–water partition coefficient (Wildman–Crippen LogP) is 3.77. The van der Waals surface area contributed by atoms with Crippen molar-refractivity contribution >= 4 is 23.4 Å². The fourth-order valence-corrected chi connectivity index (χ4v) is 3.24. The molecule has 4 heteroatoms. The van der Waals surface area contributed by atoms with Crippen LogP contribution in [0.25, 0.3) is 0 Å². The van der Waals surface area contributed by atoms with Crippen LogP contribution in [-0.4, -0.2) is 24.8 Å². The Labute approximate surface area is 135 Å². The Bertz CT molecular complexity index is 669. The molecule has 0 N–H and O–H groups in total. The van der Waals surface area contributed by atoms with Gasteiger partial charge in [-0.25, -0.2) is 0 Å². The number of carbonyl (C=O) groups is 1. The van der Waals surface area contributed by atoms with Crippen molar-refractivity contribution in [2.45, 2.75) is 24.3 Å². The summed E-state index contributed by atoms with van der Waals surface area (Å²) in [6, 6.07) is 16.1. The van der Waals surface area contributed by atoms with E-state index >= 15 is 0 Å². The van der Waals surface area contributed by atoms with Gasteiger partial charge in [0.15, 0.2) is 6.61 Å². The van der Waals surface area contributed by atoms with Gasteiger partial charge in [0.1, 0.15) is 5.75 Å². The predicted molar refractivity (Wildman–Crippen MR) is 90.8 cm³/mol. The molecular formula is C18H19NO2S. The van der Waals surface area contributed by atoms with Gasteiger partial charge in [0.2, 0.25) is 0 Å². The Morgan fingerprint density at radius 2 is 1.95 bits per heavy atom. The molecule has 3 rings (SSSR count). The number of ether oxygens (including phenoxy) is 1. The third kappa shape index (κ3) is 2.97. The summed E-state index contributed by atoms with van der Waals surface area (Å²) in [5.41, 5.74) is 2.24. The van der Waals surface area contributed by atoms with Crippen molar-refractivity contribution in [1.82, 2.24) is 0 Å². The minimum absolute atomic E-state index is 0.00592. The van der Waals surface area contributed by atoms with Gasteiger partial charge in [0.05, 0.1) is 0 Å².